The molecule has 0 aliphatic carbocycles. The molecule has 2 aromatic carbocycles. The van der Waals surface area contributed by atoms with Gasteiger partial charge in [0.1, 0.15) is 16.4 Å². The largest absolute Gasteiger partial charge is 0.495 e. The highest BCUT2D eigenvalue weighted by atomic mass is 32.2. The van der Waals surface area contributed by atoms with Crippen molar-refractivity contribution in [1.29, 1.82) is 0 Å². The van der Waals surface area contributed by atoms with E-state index in [4.69, 9.17) is 9.47 Å². The van der Waals surface area contributed by atoms with Crippen molar-refractivity contribution in [3.8, 4) is 17.5 Å². The van der Waals surface area contributed by atoms with E-state index < -0.39 is 10.0 Å². The van der Waals surface area contributed by atoms with E-state index in [9.17, 15) is 8.42 Å². The first-order chi connectivity index (χ1) is 12.5. The zero-order valence-electron chi connectivity index (χ0n) is 14.2. The van der Waals surface area contributed by atoms with Crippen LogP contribution in [-0.2, 0) is 10.0 Å². The SMILES string of the molecule is COc1ccc(C)cc1S(=O)(=O)Nc1cnc(Oc2ccccc2)nc1. The number of nitrogens with zero attached hydrogens (tertiary/aromatic N) is 2. The molecule has 0 spiro atoms. The summed E-state index contributed by atoms with van der Waals surface area (Å²) in [5, 5.41) is 0. The number of methoxy groups -OCH3 is 1. The third-order valence-corrected chi connectivity index (χ3v) is 4.84. The molecule has 1 heterocycles. The van der Waals surface area contributed by atoms with Crippen molar-refractivity contribution in [2.24, 2.45) is 0 Å². The Labute approximate surface area is 151 Å². The molecule has 0 saturated heterocycles. The Morgan fingerprint density at radius 2 is 1.69 bits per heavy atom. The second-order valence-electron chi connectivity index (χ2n) is 5.43. The lowest BCUT2D eigenvalue weighted by Crippen LogP contribution is -2.14. The molecule has 3 rings (SSSR count). The first-order valence-corrected chi connectivity index (χ1v) is 9.19. The molecule has 8 heteroatoms. The van der Waals surface area contributed by atoms with Gasteiger partial charge in [0.15, 0.2) is 0 Å². The minimum absolute atomic E-state index is 0.0459. The number of ether oxygens (including phenoxy) is 2. The lowest BCUT2D eigenvalue weighted by molar-refractivity contribution is 0.402. The van der Waals surface area contributed by atoms with Crippen molar-refractivity contribution in [2.45, 2.75) is 11.8 Å². The van der Waals surface area contributed by atoms with E-state index in [2.05, 4.69) is 14.7 Å². The Kier molecular flexibility index (Phi) is 5.04. The standard InChI is InChI=1S/C18H17N3O4S/c1-13-8-9-16(24-2)17(10-13)26(22,23)21-14-11-19-18(20-12-14)25-15-6-4-3-5-7-15/h3-12,21H,1-2H3. The van der Waals surface area contributed by atoms with Crippen LogP contribution in [0, 0.1) is 6.92 Å². The number of sulfonamides is 1. The van der Waals surface area contributed by atoms with Gasteiger partial charge >= 0.3 is 6.01 Å². The minimum atomic E-state index is -3.85. The lowest BCUT2D eigenvalue weighted by Gasteiger charge is -2.12. The number of rotatable bonds is 6. The van der Waals surface area contributed by atoms with Gasteiger partial charge in [-0.25, -0.2) is 18.4 Å². The fourth-order valence-corrected chi connectivity index (χ4v) is 3.50. The van der Waals surface area contributed by atoms with Gasteiger partial charge in [-0.05, 0) is 36.8 Å². The number of aromatic nitrogens is 2. The van der Waals surface area contributed by atoms with Crippen LogP contribution in [0.5, 0.6) is 17.5 Å². The van der Waals surface area contributed by atoms with Crippen LogP contribution in [0.3, 0.4) is 0 Å². The van der Waals surface area contributed by atoms with Gasteiger partial charge in [-0.3, -0.25) is 4.72 Å². The van der Waals surface area contributed by atoms with Gasteiger partial charge in [-0.15, -0.1) is 0 Å². The molecular weight excluding hydrogens is 354 g/mol. The number of nitrogens with one attached hydrogen (secondary N) is 1. The summed E-state index contributed by atoms with van der Waals surface area (Å²) in [4.78, 5) is 8.09. The molecule has 26 heavy (non-hydrogen) atoms. The van der Waals surface area contributed by atoms with Crippen molar-refractivity contribution in [2.75, 3.05) is 11.8 Å². The topological polar surface area (TPSA) is 90.4 Å². The van der Waals surface area contributed by atoms with Gasteiger partial charge in [-0.2, -0.15) is 0 Å². The molecule has 0 aliphatic heterocycles. The number of hydrogen-bond acceptors (Lipinski definition) is 6. The molecule has 1 aromatic heterocycles. The summed E-state index contributed by atoms with van der Waals surface area (Å²) in [6.45, 7) is 1.80. The second-order valence-corrected chi connectivity index (χ2v) is 7.08. The van der Waals surface area contributed by atoms with E-state index in [0.717, 1.165) is 5.56 Å². The van der Waals surface area contributed by atoms with E-state index in [0.29, 0.717) is 5.75 Å². The van der Waals surface area contributed by atoms with Crippen LogP contribution < -0.4 is 14.2 Å². The van der Waals surface area contributed by atoms with Crippen LogP contribution in [0.1, 0.15) is 5.56 Å². The first kappa shape index (κ1) is 17.7. The maximum Gasteiger partial charge on any atom is 0.322 e. The number of anilines is 1. The predicted molar refractivity (Wildman–Crippen MR) is 97.1 cm³/mol. The van der Waals surface area contributed by atoms with Crippen molar-refractivity contribution in [3.63, 3.8) is 0 Å². The summed E-state index contributed by atoms with van der Waals surface area (Å²) in [7, 11) is -2.43. The maximum atomic E-state index is 12.6. The summed E-state index contributed by atoms with van der Waals surface area (Å²) < 4.78 is 38.3. The lowest BCUT2D eigenvalue weighted by atomic mass is 10.2. The minimum Gasteiger partial charge on any atom is -0.495 e. The molecule has 0 aliphatic rings. The summed E-state index contributed by atoms with van der Waals surface area (Å²) in [5.41, 5.74) is 1.02. The predicted octanol–water partition coefficient (Wildman–Crippen LogP) is 3.39. The smallest absolute Gasteiger partial charge is 0.322 e. The van der Waals surface area contributed by atoms with Crippen LogP contribution in [0.25, 0.3) is 0 Å². The molecule has 134 valence electrons. The maximum absolute atomic E-state index is 12.6. The van der Waals surface area contributed by atoms with Gasteiger partial charge in [-0.1, -0.05) is 24.3 Å². The Balaban J connectivity index is 1.79. The zero-order chi connectivity index (χ0) is 18.6. The van der Waals surface area contributed by atoms with Crippen LogP contribution in [0.4, 0.5) is 5.69 Å². The van der Waals surface area contributed by atoms with Gasteiger partial charge < -0.3 is 9.47 Å². The summed E-state index contributed by atoms with van der Waals surface area (Å²) >= 11 is 0. The normalized spacial score (nSPS) is 11.0. The van der Waals surface area contributed by atoms with Crippen molar-refractivity contribution < 1.29 is 17.9 Å². The Morgan fingerprint density at radius 3 is 2.35 bits per heavy atom. The van der Waals surface area contributed by atoms with E-state index in [1.807, 2.05) is 18.2 Å². The highest BCUT2D eigenvalue weighted by molar-refractivity contribution is 7.92. The van der Waals surface area contributed by atoms with Gasteiger partial charge in [0.05, 0.1) is 25.2 Å². The molecule has 0 bridgehead atoms. The quantitative estimate of drug-likeness (QED) is 0.714. The molecule has 0 saturated carbocycles. The van der Waals surface area contributed by atoms with Crippen LogP contribution in [0.2, 0.25) is 0 Å². The summed E-state index contributed by atoms with van der Waals surface area (Å²) in [6.07, 6.45) is 2.68. The van der Waals surface area contributed by atoms with Gasteiger partial charge in [0.25, 0.3) is 10.0 Å². The molecule has 0 unspecified atom stereocenters. The highest BCUT2D eigenvalue weighted by Gasteiger charge is 2.20. The number of aryl methyl sites for hydroxylation is 1. The van der Waals surface area contributed by atoms with Crippen LogP contribution in [-0.4, -0.2) is 25.5 Å². The van der Waals surface area contributed by atoms with Gasteiger partial charge in [0, 0.05) is 0 Å². The average molecular weight is 371 g/mol. The highest BCUT2D eigenvalue weighted by Crippen LogP contribution is 2.27. The van der Waals surface area contributed by atoms with E-state index in [1.165, 1.54) is 25.6 Å². The molecule has 0 fully saturated rings. The van der Waals surface area contributed by atoms with Crippen molar-refractivity contribution >= 4 is 15.7 Å². The van der Waals surface area contributed by atoms with Crippen molar-refractivity contribution in [3.05, 3.63) is 66.5 Å². The van der Waals surface area contributed by atoms with E-state index >= 15 is 0 Å². The van der Waals surface area contributed by atoms with Crippen LogP contribution >= 0.6 is 0 Å². The van der Waals surface area contributed by atoms with Gasteiger partial charge in [0.2, 0.25) is 0 Å². The average Bonchev–Trinajstić information content (AvgIpc) is 2.64. The fourth-order valence-electron chi connectivity index (χ4n) is 2.22. The third-order valence-electron chi connectivity index (χ3n) is 3.44. The third kappa shape index (κ3) is 4.09. The van der Waals surface area contributed by atoms with Crippen molar-refractivity contribution in [1.82, 2.24) is 9.97 Å². The monoisotopic (exact) mass is 371 g/mol. The summed E-state index contributed by atoms with van der Waals surface area (Å²) in [5.74, 6) is 0.846. The number of para-hydroxylation sites is 1. The number of hydrogen-bond donors (Lipinski definition) is 1. The van der Waals surface area contributed by atoms with E-state index in [1.54, 1.807) is 31.2 Å². The zero-order valence-corrected chi connectivity index (χ0v) is 15.0. The molecule has 1 N–H and O–H groups in total. The number of benzene rings is 2. The molecular formula is C18H17N3O4S. The molecule has 7 nitrogen and oxygen atoms in total. The second kappa shape index (κ2) is 7.40. The molecule has 0 atom stereocenters. The molecule has 0 radical (unpaired) electrons. The molecule has 0 amide bonds. The Hall–Kier alpha value is -3.13. The molecule has 3 aromatic rings. The van der Waals surface area contributed by atoms with E-state index in [-0.39, 0.29) is 22.3 Å². The summed E-state index contributed by atoms with van der Waals surface area (Å²) in [6, 6.07) is 14.1. The van der Waals surface area contributed by atoms with Crippen LogP contribution in [0.15, 0.2) is 65.8 Å². The Morgan fingerprint density at radius 1 is 1.00 bits per heavy atom. The fraction of sp³-hybridized carbons (Fsp3) is 0.111. The first-order valence-electron chi connectivity index (χ1n) is 7.70. The Bertz CT molecular complexity index is 991.